The minimum absolute atomic E-state index is 0.166. The second-order valence-electron chi connectivity index (χ2n) is 7.65. The molecular weight excluding hydrogens is 346 g/mol. The summed E-state index contributed by atoms with van der Waals surface area (Å²) in [6.07, 6.45) is -0.123. The highest BCUT2D eigenvalue weighted by molar-refractivity contribution is 5.69. The molecule has 0 spiro atoms. The molecule has 0 aromatic heterocycles. The molecule has 1 aromatic carbocycles. The first-order chi connectivity index (χ1) is 12.8. The molecule has 1 aromatic rings. The van der Waals surface area contributed by atoms with Gasteiger partial charge in [-0.2, -0.15) is 5.26 Å². The number of piperidine rings is 1. The molecule has 2 amide bonds. The van der Waals surface area contributed by atoms with E-state index in [-0.39, 0.29) is 25.0 Å². The number of carbonyl (C=O) groups is 2. The first-order valence-corrected chi connectivity index (χ1v) is 9.10. The molecule has 2 rings (SSSR count). The Balaban J connectivity index is 1.88. The van der Waals surface area contributed by atoms with E-state index in [1.54, 1.807) is 4.90 Å². The molecule has 2 atom stereocenters. The maximum atomic E-state index is 12.3. The minimum Gasteiger partial charge on any atom is -0.445 e. The van der Waals surface area contributed by atoms with Crippen molar-refractivity contribution in [1.82, 2.24) is 10.2 Å². The first kappa shape index (κ1) is 20.6. The van der Waals surface area contributed by atoms with E-state index in [9.17, 15) is 9.59 Å². The Bertz CT molecular complexity index is 679. The number of rotatable bonds is 4. The average Bonchev–Trinajstić information content (AvgIpc) is 2.61. The summed E-state index contributed by atoms with van der Waals surface area (Å²) in [5.74, 6) is -0.166. The molecule has 1 fully saturated rings. The van der Waals surface area contributed by atoms with Crippen LogP contribution in [0.25, 0.3) is 0 Å². The quantitative estimate of drug-likeness (QED) is 0.873. The van der Waals surface area contributed by atoms with Gasteiger partial charge in [-0.15, -0.1) is 0 Å². The van der Waals surface area contributed by atoms with E-state index in [1.165, 1.54) is 0 Å². The van der Waals surface area contributed by atoms with E-state index >= 15 is 0 Å². The predicted molar refractivity (Wildman–Crippen MR) is 99.7 cm³/mol. The Morgan fingerprint density at radius 2 is 2.00 bits per heavy atom. The molecule has 1 saturated heterocycles. The number of likely N-dealkylation sites (tertiary alicyclic amines) is 1. The Hall–Kier alpha value is -2.75. The van der Waals surface area contributed by atoms with Crippen LogP contribution in [0, 0.1) is 17.2 Å². The van der Waals surface area contributed by atoms with Gasteiger partial charge in [0.1, 0.15) is 12.2 Å². The van der Waals surface area contributed by atoms with E-state index in [2.05, 4.69) is 11.4 Å². The van der Waals surface area contributed by atoms with Crippen LogP contribution in [-0.2, 0) is 16.1 Å². The molecular formula is C20H27N3O4. The van der Waals surface area contributed by atoms with Crippen molar-refractivity contribution < 1.29 is 19.1 Å². The largest absolute Gasteiger partial charge is 0.445 e. The molecule has 0 unspecified atom stereocenters. The summed E-state index contributed by atoms with van der Waals surface area (Å²) in [5, 5.41) is 11.9. The normalized spacial score (nSPS) is 19.7. The van der Waals surface area contributed by atoms with Gasteiger partial charge in [0, 0.05) is 31.5 Å². The number of ether oxygens (including phenoxy) is 2. The van der Waals surface area contributed by atoms with Crippen molar-refractivity contribution in [2.45, 2.75) is 51.9 Å². The van der Waals surface area contributed by atoms with Gasteiger partial charge in [-0.25, -0.2) is 9.59 Å². The van der Waals surface area contributed by atoms with Gasteiger partial charge in [0.05, 0.1) is 6.07 Å². The lowest BCUT2D eigenvalue weighted by molar-refractivity contribution is 0.0134. The van der Waals surface area contributed by atoms with Crippen molar-refractivity contribution in [3.8, 4) is 6.07 Å². The highest BCUT2D eigenvalue weighted by Gasteiger charge is 2.34. The van der Waals surface area contributed by atoms with Crippen molar-refractivity contribution in [1.29, 1.82) is 5.26 Å². The van der Waals surface area contributed by atoms with Crippen molar-refractivity contribution in [2.24, 2.45) is 5.92 Å². The second-order valence-corrected chi connectivity index (χ2v) is 7.65. The van der Waals surface area contributed by atoms with Crippen molar-refractivity contribution in [3.05, 3.63) is 35.9 Å². The Morgan fingerprint density at radius 3 is 2.63 bits per heavy atom. The summed E-state index contributed by atoms with van der Waals surface area (Å²) >= 11 is 0. The van der Waals surface area contributed by atoms with Gasteiger partial charge in [-0.1, -0.05) is 30.3 Å². The highest BCUT2D eigenvalue weighted by Crippen LogP contribution is 2.22. The molecule has 27 heavy (non-hydrogen) atoms. The Labute approximate surface area is 160 Å². The molecule has 1 heterocycles. The van der Waals surface area contributed by atoms with Gasteiger partial charge in [0.15, 0.2) is 0 Å². The summed E-state index contributed by atoms with van der Waals surface area (Å²) in [6, 6.07) is 11.3. The average molecular weight is 373 g/mol. The van der Waals surface area contributed by atoms with Crippen molar-refractivity contribution >= 4 is 12.2 Å². The van der Waals surface area contributed by atoms with E-state index in [4.69, 9.17) is 14.7 Å². The first-order valence-electron chi connectivity index (χ1n) is 9.10. The summed E-state index contributed by atoms with van der Waals surface area (Å²) in [7, 11) is 0. The zero-order valence-corrected chi connectivity index (χ0v) is 16.1. The highest BCUT2D eigenvalue weighted by atomic mass is 16.6. The van der Waals surface area contributed by atoms with Crippen LogP contribution < -0.4 is 5.32 Å². The summed E-state index contributed by atoms with van der Waals surface area (Å²) < 4.78 is 10.7. The molecule has 1 aliphatic heterocycles. The standard InChI is InChI=1S/C20H27N3O4/c1-20(2,3)27-19(25)23-12-10-17(16(13-23)9-11-21)22-18(24)26-14-15-7-5-4-6-8-15/h4-8,16-17H,9-10,12-14H2,1-3H3,(H,22,24)/t16-,17+/m0/s1. The molecule has 0 bridgehead atoms. The molecule has 0 aliphatic carbocycles. The predicted octanol–water partition coefficient (Wildman–Crippen LogP) is 3.45. The van der Waals surface area contributed by atoms with Gasteiger partial charge in [-0.05, 0) is 32.8 Å². The monoisotopic (exact) mass is 373 g/mol. The summed E-state index contributed by atoms with van der Waals surface area (Å²) in [4.78, 5) is 26.0. The molecule has 7 nitrogen and oxygen atoms in total. The van der Waals surface area contributed by atoms with Crippen LogP contribution in [0.2, 0.25) is 0 Å². The molecule has 0 saturated carbocycles. The number of nitrogens with one attached hydrogen (secondary N) is 1. The van der Waals surface area contributed by atoms with E-state index in [0.29, 0.717) is 19.5 Å². The lowest BCUT2D eigenvalue weighted by Crippen LogP contribution is -2.53. The molecule has 1 N–H and O–H groups in total. The SMILES string of the molecule is CC(C)(C)OC(=O)N1CC[C@@H](NC(=O)OCc2ccccc2)[C@@H](CC#N)C1. The third-order valence-corrected chi connectivity index (χ3v) is 4.26. The number of amides is 2. The van der Waals surface area contributed by atoms with Crippen LogP contribution in [0.5, 0.6) is 0 Å². The van der Waals surface area contributed by atoms with Crippen LogP contribution in [0.4, 0.5) is 9.59 Å². The third kappa shape index (κ3) is 6.81. The Morgan fingerprint density at radius 1 is 1.30 bits per heavy atom. The fourth-order valence-electron chi connectivity index (χ4n) is 2.95. The van der Waals surface area contributed by atoms with Crippen molar-refractivity contribution in [2.75, 3.05) is 13.1 Å². The number of alkyl carbamates (subject to hydrolysis) is 1. The number of hydrogen-bond donors (Lipinski definition) is 1. The van der Waals surface area contributed by atoms with Crippen LogP contribution in [0.15, 0.2) is 30.3 Å². The van der Waals surface area contributed by atoms with Crippen LogP contribution >= 0.6 is 0 Å². The van der Waals surface area contributed by atoms with Crippen LogP contribution in [0.1, 0.15) is 39.2 Å². The fraction of sp³-hybridized carbons (Fsp3) is 0.550. The lowest BCUT2D eigenvalue weighted by atomic mass is 9.90. The third-order valence-electron chi connectivity index (χ3n) is 4.26. The lowest BCUT2D eigenvalue weighted by Gasteiger charge is -2.38. The van der Waals surface area contributed by atoms with Gasteiger partial charge >= 0.3 is 12.2 Å². The molecule has 1 aliphatic rings. The number of benzene rings is 1. The zero-order valence-electron chi connectivity index (χ0n) is 16.1. The Kier molecular flexibility index (Phi) is 7.05. The van der Waals surface area contributed by atoms with Gasteiger partial charge in [0.2, 0.25) is 0 Å². The smallest absolute Gasteiger partial charge is 0.410 e. The van der Waals surface area contributed by atoms with Gasteiger partial charge < -0.3 is 19.7 Å². The topological polar surface area (TPSA) is 91.7 Å². The maximum absolute atomic E-state index is 12.3. The number of carbonyl (C=O) groups excluding carboxylic acids is 2. The summed E-state index contributed by atoms with van der Waals surface area (Å²) in [6.45, 7) is 6.46. The number of nitrogens with zero attached hydrogens (tertiary/aromatic N) is 2. The maximum Gasteiger partial charge on any atom is 0.410 e. The zero-order chi connectivity index (χ0) is 19.9. The minimum atomic E-state index is -0.571. The van der Waals surface area contributed by atoms with E-state index in [0.717, 1.165) is 5.56 Å². The number of nitriles is 1. The molecule has 146 valence electrons. The fourth-order valence-corrected chi connectivity index (χ4v) is 2.95. The number of hydrogen-bond acceptors (Lipinski definition) is 5. The van der Waals surface area contributed by atoms with Crippen molar-refractivity contribution in [3.63, 3.8) is 0 Å². The molecule has 0 radical (unpaired) electrons. The van der Waals surface area contributed by atoms with Gasteiger partial charge in [0.25, 0.3) is 0 Å². The van der Waals surface area contributed by atoms with Crippen LogP contribution in [-0.4, -0.2) is 41.8 Å². The van der Waals surface area contributed by atoms with E-state index in [1.807, 2.05) is 51.1 Å². The summed E-state index contributed by atoms with van der Waals surface area (Å²) in [5.41, 5.74) is 0.332. The van der Waals surface area contributed by atoms with Gasteiger partial charge in [-0.3, -0.25) is 0 Å². The van der Waals surface area contributed by atoms with E-state index < -0.39 is 17.8 Å². The van der Waals surface area contributed by atoms with Crippen LogP contribution in [0.3, 0.4) is 0 Å². The second kappa shape index (κ2) is 9.26. The molecule has 7 heteroatoms.